The Labute approximate surface area is 126 Å². The molecule has 2 heteroatoms. The Kier molecular flexibility index (Phi) is 8.09. The number of hydrogen-bond acceptors (Lipinski definition) is 2. The molecule has 0 radical (unpaired) electrons. The molecule has 0 N–H and O–H groups in total. The maximum Gasteiger partial charge on any atom is 0.0940 e. The van der Waals surface area contributed by atoms with E-state index >= 15 is 0 Å². The molecule has 0 bridgehead atoms. The summed E-state index contributed by atoms with van der Waals surface area (Å²) in [6.45, 7) is 11.6. The summed E-state index contributed by atoms with van der Waals surface area (Å²) in [4.78, 5) is 0. The monoisotopic (exact) mass is 278 g/mol. The maximum absolute atomic E-state index is 4.40. The fraction of sp³-hybridized carbons (Fsp3) is 0.889. The Hall–Kier alpha value is -0.660. The highest BCUT2D eigenvalue weighted by Gasteiger charge is 2.17. The average molecular weight is 278 g/mol. The van der Waals surface area contributed by atoms with E-state index in [1.807, 2.05) is 6.20 Å². The normalized spacial score (nSPS) is 19.9. The molecule has 2 atom stereocenters. The van der Waals surface area contributed by atoms with E-state index in [4.69, 9.17) is 0 Å². The Bertz CT molecular complexity index is 315. The molecule has 0 saturated heterocycles. The molecule has 2 unspecified atom stereocenters. The average Bonchev–Trinajstić information content (AvgIpc) is 2.81. The van der Waals surface area contributed by atoms with Gasteiger partial charge in [-0.15, -0.1) is 0 Å². The largest absolute Gasteiger partial charge is 0.181 e. The van der Waals surface area contributed by atoms with Gasteiger partial charge in [-0.1, -0.05) is 60.3 Å². The minimum absolute atomic E-state index is 0.400. The lowest BCUT2D eigenvalue weighted by Gasteiger charge is -2.16. The van der Waals surface area contributed by atoms with Crippen LogP contribution in [-0.4, -0.2) is 6.04 Å². The van der Waals surface area contributed by atoms with Gasteiger partial charge in [0.25, 0.3) is 0 Å². The predicted octanol–water partition coefficient (Wildman–Crippen LogP) is 6.38. The van der Waals surface area contributed by atoms with Crippen LogP contribution in [0.4, 0.5) is 0 Å². The van der Waals surface area contributed by atoms with Crippen molar-refractivity contribution in [1.29, 1.82) is 0 Å². The van der Waals surface area contributed by atoms with Crippen LogP contribution in [-0.2, 0) is 0 Å². The molecule has 20 heavy (non-hydrogen) atoms. The van der Waals surface area contributed by atoms with Gasteiger partial charge in [0.2, 0.25) is 0 Å². The van der Waals surface area contributed by atoms with Crippen LogP contribution in [0.15, 0.2) is 22.0 Å². The molecule has 0 amide bonds. The third-order valence-corrected chi connectivity index (χ3v) is 4.63. The number of unbranched alkanes of at least 4 members (excludes halogenated alkanes) is 1. The molecule has 0 aromatic heterocycles. The van der Waals surface area contributed by atoms with E-state index in [1.54, 1.807) is 0 Å². The number of rotatable bonds is 10. The molecule has 0 aromatic rings. The summed E-state index contributed by atoms with van der Waals surface area (Å²) in [6, 6.07) is 0.400. The lowest BCUT2D eigenvalue weighted by atomic mass is 9.91. The van der Waals surface area contributed by atoms with Gasteiger partial charge in [0.15, 0.2) is 0 Å². The van der Waals surface area contributed by atoms with Crippen LogP contribution in [0.2, 0.25) is 0 Å². The number of azo groups is 1. The number of hydrogen-bond donors (Lipinski definition) is 0. The smallest absolute Gasteiger partial charge is 0.0940 e. The quantitative estimate of drug-likeness (QED) is 0.414. The summed E-state index contributed by atoms with van der Waals surface area (Å²) < 4.78 is 0. The Morgan fingerprint density at radius 2 is 1.75 bits per heavy atom. The standard InChI is InChI=1S/C18H34N2/c1-14(2)9-8-11-17-13-19-20-18(17)12-7-6-10-16(5)15(3)4/h13-16,18H,6-12H2,1-5H3. The Morgan fingerprint density at radius 1 is 1.00 bits per heavy atom. The third-order valence-electron chi connectivity index (χ3n) is 4.63. The van der Waals surface area contributed by atoms with Crippen molar-refractivity contribution in [2.75, 3.05) is 0 Å². The maximum atomic E-state index is 4.40. The molecular formula is C18H34N2. The van der Waals surface area contributed by atoms with Gasteiger partial charge in [-0.2, -0.15) is 10.2 Å². The van der Waals surface area contributed by atoms with Crippen LogP contribution in [0.1, 0.15) is 79.6 Å². The lowest BCUT2D eigenvalue weighted by Crippen LogP contribution is -2.07. The highest BCUT2D eigenvalue weighted by molar-refractivity contribution is 5.13. The summed E-state index contributed by atoms with van der Waals surface area (Å²) in [5.74, 6) is 2.47. The van der Waals surface area contributed by atoms with Crippen LogP contribution in [0.3, 0.4) is 0 Å². The van der Waals surface area contributed by atoms with Crippen molar-refractivity contribution in [3.8, 4) is 0 Å². The summed E-state index contributed by atoms with van der Waals surface area (Å²) in [5.41, 5.74) is 1.47. The van der Waals surface area contributed by atoms with E-state index in [9.17, 15) is 0 Å². The van der Waals surface area contributed by atoms with Crippen molar-refractivity contribution in [2.24, 2.45) is 28.0 Å². The molecule has 1 heterocycles. The van der Waals surface area contributed by atoms with E-state index in [2.05, 4.69) is 44.8 Å². The van der Waals surface area contributed by atoms with Gasteiger partial charge in [0.05, 0.1) is 12.2 Å². The molecular weight excluding hydrogens is 244 g/mol. The van der Waals surface area contributed by atoms with Crippen molar-refractivity contribution in [3.63, 3.8) is 0 Å². The minimum atomic E-state index is 0.400. The van der Waals surface area contributed by atoms with Crippen LogP contribution in [0.25, 0.3) is 0 Å². The van der Waals surface area contributed by atoms with Crippen LogP contribution in [0.5, 0.6) is 0 Å². The fourth-order valence-corrected chi connectivity index (χ4v) is 2.67. The van der Waals surface area contributed by atoms with Gasteiger partial charge in [-0.05, 0) is 42.6 Å². The van der Waals surface area contributed by atoms with Crippen molar-refractivity contribution < 1.29 is 0 Å². The molecule has 116 valence electrons. The molecule has 0 fully saturated rings. The summed E-state index contributed by atoms with van der Waals surface area (Å²) >= 11 is 0. The highest BCUT2D eigenvalue weighted by atomic mass is 15.1. The van der Waals surface area contributed by atoms with E-state index in [-0.39, 0.29) is 0 Å². The van der Waals surface area contributed by atoms with Gasteiger partial charge in [-0.3, -0.25) is 0 Å². The molecule has 0 aromatic carbocycles. The zero-order valence-corrected chi connectivity index (χ0v) is 14.2. The van der Waals surface area contributed by atoms with E-state index in [0.717, 1.165) is 17.8 Å². The van der Waals surface area contributed by atoms with Crippen LogP contribution in [0, 0.1) is 17.8 Å². The molecule has 1 aliphatic heterocycles. The van der Waals surface area contributed by atoms with Gasteiger partial charge in [0.1, 0.15) is 0 Å². The first-order chi connectivity index (χ1) is 9.50. The highest BCUT2D eigenvalue weighted by Crippen LogP contribution is 2.26. The molecule has 0 saturated carbocycles. The molecule has 1 aliphatic rings. The Morgan fingerprint density at radius 3 is 2.40 bits per heavy atom. The van der Waals surface area contributed by atoms with Gasteiger partial charge in [0, 0.05) is 0 Å². The molecule has 2 nitrogen and oxygen atoms in total. The van der Waals surface area contributed by atoms with Gasteiger partial charge in [-0.25, -0.2) is 0 Å². The van der Waals surface area contributed by atoms with Crippen molar-refractivity contribution in [1.82, 2.24) is 0 Å². The second-order valence-corrected chi connectivity index (χ2v) is 7.24. The first-order valence-electron chi connectivity index (χ1n) is 8.59. The van der Waals surface area contributed by atoms with Gasteiger partial charge < -0.3 is 0 Å². The van der Waals surface area contributed by atoms with E-state index in [0.29, 0.717) is 6.04 Å². The predicted molar refractivity (Wildman–Crippen MR) is 87.9 cm³/mol. The summed E-state index contributed by atoms with van der Waals surface area (Å²) in [6.07, 6.45) is 11.0. The van der Waals surface area contributed by atoms with Crippen molar-refractivity contribution in [2.45, 2.75) is 85.6 Å². The summed E-state index contributed by atoms with van der Waals surface area (Å²) in [5, 5.41) is 8.55. The first kappa shape index (κ1) is 17.4. The van der Waals surface area contributed by atoms with Crippen molar-refractivity contribution >= 4 is 0 Å². The van der Waals surface area contributed by atoms with Crippen molar-refractivity contribution in [3.05, 3.63) is 11.8 Å². The summed E-state index contributed by atoms with van der Waals surface area (Å²) in [7, 11) is 0. The molecule has 1 rings (SSSR count). The van der Waals surface area contributed by atoms with E-state index in [1.165, 1.54) is 50.5 Å². The zero-order valence-electron chi connectivity index (χ0n) is 14.2. The molecule has 0 spiro atoms. The van der Waals surface area contributed by atoms with Crippen LogP contribution >= 0.6 is 0 Å². The SMILES string of the molecule is CC(C)CCCC1=CN=NC1CCCCC(C)C(C)C. The zero-order chi connectivity index (χ0) is 15.0. The van der Waals surface area contributed by atoms with E-state index < -0.39 is 0 Å². The first-order valence-corrected chi connectivity index (χ1v) is 8.59. The topological polar surface area (TPSA) is 24.7 Å². The fourth-order valence-electron chi connectivity index (χ4n) is 2.67. The third kappa shape index (κ3) is 6.67. The second kappa shape index (κ2) is 9.31. The Balaban J connectivity index is 2.16. The number of nitrogens with zero attached hydrogens (tertiary/aromatic N) is 2. The second-order valence-electron chi connectivity index (χ2n) is 7.24. The van der Waals surface area contributed by atoms with Gasteiger partial charge >= 0.3 is 0 Å². The van der Waals surface area contributed by atoms with Crippen LogP contribution < -0.4 is 0 Å². The molecule has 0 aliphatic carbocycles. The minimum Gasteiger partial charge on any atom is -0.181 e. The lowest BCUT2D eigenvalue weighted by molar-refractivity contribution is 0.374.